The second-order valence-corrected chi connectivity index (χ2v) is 5.93. The first kappa shape index (κ1) is 14.3. The first-order valence-corrected chi connectivity index (χ1v) is 6.57. The van der Waals surface area contributed by atoms with Crippen LogP contribution in [-0.4, -0.2) is 35.7 Å². The molecule has 100 valence electrons. The number of nitrogens with two attached hydrogens (primary N) is 1. The minimum atomic E-state index is -0.420. The van der Waals surface area contributed by atoms with E-state index in [4.69, 9.17) is 10.5 Å². The lowest BCUT2D eigenvalue weighted by Crippen LogP contribution is -2.50. The van der Waals surface area contributed by atoms with Crippen LogP contribution in [0.3, 0.4) is 0 Å². The molecule has 1 fully saturated rings. The molecule has 0 aromatic rings. The molecule has 0 radical (unpaired) electrons. The van der Waals surface area contributed by atoms with Gasteiger partial charge in [0.2, 0.25) is 0 Å². The SMILES string of the molecule is CCC[C@H]1CN(C(=O)OC(C)(C)C)CC[C@H]1N. The highest BCUT2D eigenvalue weighted by Gasteiger charge is 2.31. The molecule has 0 spiro atoms. The number of likely N-dealkylation sites (tertiary alicyclic amines) is 1. The first-order chi connectivity index (χ1) is 7.83. The molecule has 2 N–H and O–H groups in total. The summed E-state index contributed by atoms with van der Waals surface area (Å²) in [6.45, 7) is 9.29. The quantitative estimate of drug-likeness (QED) is 0.808. The van der Waals surface area contributed by atoms with Gasteiger partial charge in [0.05, 0.1) is 0 Å². The van der Waals surface area contributed by atoms with Crippen molar-refractivity contribution in [2.24, 2.45) is 11.7 Å². The average Bonchev–Trinajstić information content (AvgIpc) is 2.19. The Bertz CT molecular complexity index is 261. The van der Waals surface area contributed by atoms with Gasteiger partial charge >= 0.3 is 6.09 Å². The van der Waals surface area contributed by atoms with Crippen LogP contribution >= 0.6 is 0 Å². The maximum Gasteiger partial charge on any atom is 0.410 e. The van der Waals surface area contributed by atoms with E-state index in [-0.39, 0.29) is 12.1 Å². The zero-order chi connectivity index (χ0) is 13.1. The van der Waals surface area contributed by atoms with Gasteiger partial charge < -0.3 is 15.4 Å². The zero-order valence-corrected chi connectivity index (χ0v) is 11.5. The topological polar surface area (TPSA) is 55.6 Å². The van der Waals surface area contributed by atoms with Crippen molar-refractivity contribution < 1.29 is 9.53 Å². The molecule has 2 atom stereocenters. The molecule has 0 aromatic carbocycles. The molecule has 1 saturated heterocycles. The van der Waals surface area contributed by atoms with E-state index in [2.05, 4.69) is 6.92 Å². The van der Waals surface area contributed by atoms with Crippen molar-refractivity contribution in [3.8, 4) is 0 Å². The summed E-state index contributed by atoms with van der Waals surface area (Å²) >= 11 is 0. The van der Waals surface area contributed by atoms with Crippen LogP contribution in [0.2, 0.25) is 0 Å². The Morgan fingerprint density at radius 2 is 2.12 bits per heavy atom. The van der Waals surface area contributed by atoms with Gasteiger partial charge in [0.1, 0.15) is 5.60 Å². The van der Waals surface area contributed by atoms with Crippen molar-refractivity contribution in [1.82, 2.24) is 4.90 Å². The smallest absolute Gasteiger partial charge is 0.410 e. The molecule has 1 amide bonds. The molecule has 0 aliphatic carbocycles. The Hall–Kier alpha value is -0.770. The number of ether oxygens (including phenoxy) is 1. The second-order valence-electron chi connectivity index (χ2n) is 5.93. The van der Waals surface area contributed by atoms with E-state index in [1.54, 1.807) is 4.90 Å². The summed E-state index contributed by atoms with van der Waals surface area (Å²) in [4.78, 5) is 13.7. The Morgan fingerprint density at radius 1 is 1.47 bits per heavy atom. The van der Waals surface area contributed by atoms with Crippen LogP contribution < -0.4 is 5.73 Å². The third-order valence-electron chi connectivity index (χ3n) is 3.10. The number of carbonyl (C=O) groups is 1. The van der Waals surface area contributed by atoms with Gasteiger partial charge in [-0.15, -0.1) is 0 Å². The minimum Gasteiger partial charge on any atom is -0.444 e. The molecule has 4 nitrogen and oxygen atoms in total. The monoisotopic (exact) mass is 242 g/mol. The predicted molar refractivity (Wildman–Crippen MR) is 68.8 cm³/mol. The summed E-state index contributed by atoms with van der Waals surface area (Å²) in [5, 5.41) is 0. The number of amides is 1. The van der Waals surface area contributed by atoms with Gasteiger partial charge in [0.15, 0.2) is 0 Å². The van der Waals surface area contributed by atoms with Gasteiger partial charge in [-0.25, -0.2) is 4.79 Å². The number of hydrogen-bond donors (Lipinski definition) is 1. The van der Waals surface area contributed by atoms with Crippen LogP contribution in [-0.2, 0) is 4.74 Å². The van der Waals surface area contributed by atoms with E-state index in [1.807, 2.05) is 20.8 Å². The molecule has 1 aliphatic rings. The molecule has 4 heteroatoms. The molecule has 0 aromatic heterocycles. The molecular formula is C13H26N2O2. The van der Waals surface area contributed by atoms with Crippen LogP contribution in [0, 0.1) is 5.92 Å². The summed E-state index contributed by atoms with van der Waals surface area (Å²) in [5.74, 6) is 0.418. The van der Waals surface area contributed by atoms with Crippen molar-refractivity contribution >= 4 is 6.09 Å². The predicted octanol–water partition coefficient (Wildman–Crippen LogP) is 2.37. The maximum atomic E-state index is 11.9. The molecule has 1 heterocycles. The van der Waals surface area contributed by atoms with Gasteiger partial charge in [-0.1, -0.05) is 13.3 Å². The van der Waals surface area contributed by atoms with Gasteiger partial charge in [-0.2, -0.15) is 0 Å². The number of hydrogen-bond acceptors (Lipinski definition) is 3. The van der Waals surface area contributed by atoms with E-state index < -0.39 is 5.60 Å². The molecular weight excluding hydrogens is 216 g/mol. The number of rotatable bonds is 2. The molecule has 0 bridgehead atoms. The van der Waals surface area contributed by atoms with Gasteiger partial charge in [0, 0.05) is 19.1 Å². The van der Waals surface area contributed by atoms with Crippen LogP contribution in [0.5, 0.6) is 0 Å². The number of carbonyl (C=O) groups excluding carboxylic acids is 1. The third-order valence-corrected chi connectivity index (χ3v) is 3.10. The third kappa shape index (κ3) is 4.54. The zero-order valence-electron chi connectivity index (χ0n) is 11.5. The Labute approximate surface area is 104 Å². The Balaban J connectivity index is 2.52. The van der Waals surface area contributed by atoms with Crippen LogP contribution in [0.1, 0.15) is 47.0 Å². The van der Waals surface area contributed by atoms with Gasteiger partial charge in [0.25, 0.3) is 0 Å². The lowest BCUT2D eigenvalue weighted by molar-refractivity contribution is 0.0143. The van der Waals surface area contributed by atoms with E-state index in [0.717, 1.165) is 32.4 Å². The van der Waals surface area contributed by atoms with Crippen molar-refractivity contribution in [1.29, 1.82) is 0 Å². The van der Waals surface area contributed by atoms with E-state index in [1.165, 1.54) is 0 Å². The van der Waals surface area contributed by atoms with E-state index in [9.17, 15) is 4.79 Å². The summed E-state index contributed by atoms with van der Waals surface area (Å²) in [6.07, 6.45) is 2.87. The molecule has 1 rings (SSSR count). The number of nitrogens with zero attached hydrogens (tertiary/aromatic N) is 1. The fourth-order valence-corrected chi connectivity index (χ4v) is 2.22. The van der Waals surface area contributed by atoms with E-state index >= 15 is 0 Å². The van der Waals surface area contributed by atoms with Crippen LogP contribution in [0.15, 0.2) is 0 Å². The summed E-state index contributed by atoms with van der Waals surface area (Å²) in [5.41, 5.74) is 5.66. The van der Waals surface area contributed by atoms with Gasteiger partial charge in [-0.05, 0) is 39.5 Å². The highest BCUT2D eigenvalue weighted by molar-refractivity contribution is 5.68. The lowest BCUT2D eigenvalue weighted by atomic mass is 9.89. The van der Waals surface area contributed by atoms with Gasteiger partial charge in [-0.3, -0.25) is 0 Å². The summed E-state index contributed by atoms with van der Waals surface area (Å²) in [7, 11) is 0. The summed E-state index contributed by atoms with van der Waals surface area (Å²) < 4.78 is 5.39. The van der Waals surface area contributed by atoms with E-state index in [0.29, 0.717) is 5.92 Å². The molecule has 1 aliphatic heterocycles. The molecule has 0 saturated carbocycles. The fourth-order valence-electron chi connectivity index (χ4n) is 2.22. The van der Waals surface area contributed by atoms with Crippen LogP contribution in [0.4, 0.5) is 4.79 Å². The van der Waals surface area contributed by atoms with Crippen molar-refractivity contribution in [2.45, 2.75) is 58.6 Å². The highest BCUT2D eigenvalue weighted by atomic mass is 16.6. The average molecular weight is 242 g/mol. The minimum absolute atomic E-state index is 0.203. The molecule has 0 unspecified atom stereocenters. The first-order valence-electron chi connectivity index (χ1n) is 6.57. The van der Waals surface area contributed by atoms with Crippen molar-refractivity contribution in [3.05, 3.63) is 0 Å². The standard InChI is InChI=1S/C13H26N2O2/c1-5-6-10-9-15(8-7-11(10)14)12(16)17-13(2,3)4/h10-11H,5-9,14H2,1-4H3/t10-,11+/m0/s1. The lowest BCUT2D eigenvalue weighted by Gasteiger charge is -2.37. The largest absolute Gasteiger partial charge is 0.444 e. The fraction of sp³-hybridized carbons (Fsp3) is 0.923. The maximum absolute atomic E-state index is 11.9. The normalized spacial score (nSPS) is 25.8. The Kier molecular flexibility index (Phi) is 4.80. The van der Waals surface area contributed by atoms with Crippen molar-refractivity contribution in [3.63, 3.8) is 0 Å². The summed E-state index contributed by atoms with van der Waals surface area (Å²) in [6, 6.07) is 0.230. The van der Waals surface area contributed by atoms with Crippen molar-refractivity contribution in [2.75, 3.05) is 13.1 Å². The molecule has 17 heavy (non-hydrogen) atoms. The Morgan fingerprint density at radius 3 is 2.65 bits per heavy atom. The second kappa shape index (κ2) is 5.71. The highest BCUT2D eigenvalue weighted by Crippen LogP contribution is 2.22. The van der Waals surface area contributed by atoms with Crippen LogP contribution in [0.25, 0.3) is 0 Å². The number of piperidine rings is 1.